The molecular formula is C18H34Cl2N4O2. The summed E-state index contributed by atoms with van der Waals surface area (Å²) in [7, 11) is 1.93. The van der Waals surface area contributed by atoms with Gasteiger partial charge < -0.3 is 15.1 Å². The van der Waals surface area contributed by atoms with E-state index in [1.807, 2.05) is 16.8 Å². The predicted molar refractivity (Wildman–Crippen MR) is 108 cm³/mol. The molecule has 0 radical (unpaired) electrons. The Labute approximate surface area is 169 Å². The van der Waals surface area contributed by atoms with E-state index in [9.17, 15) is 9.59 Å². The van der Waals surface area contributed by atoms with Crippen LogP contribution in [0.3, 0.4) is 0 Å². The normalized spacial score (nSPS) is 29.0. The summed E-state index contributed by atoms with van der Waals surface area (Å²) in [6.45, 7) is 7.50. The van der Waals surface area contributed by atoms with Crippen molar-refractivity contribution in [1.29, 1.82) is 0 Å². The van der Waals surface area contributed by atoms with Crippen LogP contribution in [0, 0.1) is 5.92 Å². The number of carbonyl (C=O) groups excluding carboxylic acids is 2. The smallest absolute Gasteiger partial charge is 0.228 e. The van der Waals surface area contributed by atoms with Crippen LogP contribution in [0.5, 0.6) is 0 Å². The van der Waals surface area contributed by atoms with Gasteiger partial charge in [0.2, 0.25) is 11.8 Å². The summed E-state index contributed by atoms with van der Waals surface area (Å²) in [6.07, 6.45) is 4.95. The van der Waals surface area contributed by atoms with Gasteiger partial charge in [-0.3, -0.25) is 14.5 Å². The van der Waals surface area contributed by atoms with Gasteiger partial charge in [-0.2, -0.15) is 0 Å². The first-order valence-electron chi connectivity index (χ1n) is 9.61. The SMILES string of the molecule is CCN1CCCC1CN1CC(C(=O)N2CCCC2CNC)CC1=O.Cl.Cl. The molecule has 0 saturated carbocycles. The van der Waals surface area contributed by atoms with Crippen molar-refractivity contribution in [3.63, 3.8) is 0 Å². The van der Waals surface area contributed by atoms with E-state index in [-0.39, 0.29) is 42.5 Å². The Morgan fingerprint density at radius 2 is 1.85 bits per heavy atom. The number of likely N-dealkylation sites (N-methyl/N-ethyl adjacent to an activating group) is 2. The van der Waals surface area contributed by atoms with Crippen LogP contribution in [-0.2, 0) is 9.59 Å². The highest BCUT2D eigenvalue weighted by atomic mass is 35.5. The third-order valence-electron chi connectivity index (χ3n) is 6.00. The molecule has 3 atom stereocenters. The third kappa shape index (κ3) is 5.03. The zero-order valence-corrected chi connectivity index (χ0v) is 17.6. The van der Waals surface area contributed by atoms with Crippen molar-refractivity contribution in [2.24, 2.45) is 5.92 Å². The van der Waals surface area contributed by atoms with E-state index >= 15 is 0 Å². The number of carbonyl (C=O) groups is 2. The van der Waals surface area contributed by atoms with Crippen LogP contribution in [0.1, 0.15) is 39.0 Å². The third-order valence-corrected chi connectivity index (χ3v) is 6.00. The van der Waals surface area contributed by atoms with Crippen LogP contribution in [0.2, 0.25) is 0 Å². The molecule has 0 bridgehead atoms. The Morgan fingerprint density at radius 3 is 2.54 bits per heavy atom. The fraction of sp³-hybridized carbons (Fsp3) is 0.889. The summed E-state index contributed by atoms with van der Waals surface area (Å²) in [5, 5.41) is 3.19. The molecule has 0 aromatic rings. The van der Waals surface area contributed by atoms with E-state index in [1.54, 1.807) is 0 Å². The van der Waals surface area contributed by atoms with Crippen LogP contribution < -0.4 is 5.32 Å². The van der Waals surface area contributed by atoms with Gasteiger partial charge in [-0.05, 0) is 45.8 Å². The minimum Gasteiger partial charge on any atom is -0.340 e. The second-order valence-corrected chi connectivity index (χ2v) is 7.51. The van der Waals surface area contributed by atoms with Gasteiger partial charge >= 0.3 is 0 Å². The average Bonchev–Trinajstić information content (AvgIpc) is 3.28. The van der Waals surface area contributed by atoms with Gasteiger partial charge in [0.15, 0.2) is 0 Å². The number of hydrogen-bond donors (Lipinski definition) is 1. The van der Waals surface area contributed by atoms with Gasteiger partial charge in [0.1, 0.15) is 0 Å². The Balaban J connectivity index is 0.00000169. The highest BCUT2D eigenvalue weighted by Crippen LogP contribution is 2.27. The molecule has 3 unspecified atom stereocenters. The number of nitrogens with one attached hydrogen (secondary N) is 1. The summed E-state index contributed by atoms with van der Waals surface area (Å²) >= 11 is 0. The molecule has 8 heteroatoms. The molecule has 3 heterocycles. The van der Waals surface area contributed by atoms with E-state index in [0.717, 1.165) is 45.6 Å². The first-order chi connectivity index (χ1) is 11.6. The Morgan fingerprint density at radius 1 is 1.15 bits per heavy atom. The summed E-state index contributed by atoms with van der Waals surface area (Å²) in [5.74, 6) is 0.231. The molecule has 0 aromatic carbocycles. The van der Waals surface area contributed by atoms with Crippen LogP contribution in [0.15, 0.2) is 0 Å². The number of halogens is 2. The highest BCUT2D eigenvalue weighted by molar-refractivity contribution is 5.89. The lowest BCUT2D eigenvalue weighted by atomic mass is 10.1. The molecule has 0 aliphatic carbocycles. The van der Waals surface area contributed by atoms with Crippen molar-refractivity contribution in [3.05, 3.63) is 0 Å². The number of amides is 2. The summed E-state index contributed by atoms with van der Waals surface area (Å²) in [5.41, 5.74) is 0. The fourth-order valence-electron chi connectivity index (χ4n) is 4.69. The Bertz CT molecular complexity index is 480. The van der Waals surface area contributed by atoms with E-state index < -0.39 is 0 Å². The van der Waals surface area contributed by atoms with E-state index in [0.29, 0.717) is 25.0 Å². The topological polar surface area (TPSA) is 55.9 Å². The molecule has 0 aromatic heterocycles. The molecule has 3 aliphatic heterocycles. The summed E-state index contributed by atoms with van der Waals surface area (Å²) < 4.78 is 0. The molecule has 2 amide bonds. The average molecular weight is 409 g/mol. The molecule has 6 nitrogen and oxygen atoms in total. The number of likely N-dealkylation sites (tertiary alicyclic amines) is 3. The second kappa shape index (κ2) is 10.7. The van der Waals surface area contributed by atoms with Crippen molar-refractivity contribution in [1.82, 2.24) is 20.0 Å². The molecule has 152 valence electrons. The standard InChI is InChI=1S/C18H32N4O2.2ClH/c1-3-20-8-4-7-16(20)13-21-12-14(10-17(21)23)18(24)22-9-5-6-15(22)11-19-2;;/h14-16,19H,3-13H2,1-2H3;2*1H. The fourth-order valence-corrected chi connectivity index (χ4v) is 4.69. The molecule has 26 heavy (non-hydrogen) atoms. The van der Waals surface area contributed by atoms with Gasteiger partial charge in [0.25, 0.3) is 0 Å². The van der Waals surface area contributed by atoms with Crippen molar-refractivity contribution in [2.75, 3.05) is 46.3 Å². The molecule has 3 aliphatic rings. The number of rotatable bonds is 6. The van der Waals surface area contributed by atoms with Gasteiger partial charge in [0, 0.05) is 44.7 Å². The lowest BCUT2D eigenvalue weighted by Gasteiger charge is -2.29. The molecule has 1 N–H and O–H groups in total. The highest BCUT2D eigenvalue weighted by Gasteiger charge is 2.40. The van der Waals surface area contributed by atoms with Crippen LogP contribution in [0.25, 0.3) is 0 Å². The molecule has 3 saturated heterocycles. The largest absolute Gasteiger partial charge is 0.340 e. The van der Waals surface area contributed by atoms with Crippen molar-refractivity contribution < 1.29 is 9.59 Å². The lowest BCUT2D eigenvalue weighted by molar-refractivity contribution is -0.136. The summed E-state index contributed by atoms with van der Waals surface area (Å²) in [4.78, 5) is 31.7. The van der Waals surface area contributed by atoms with Crippen molar-refractivity contribution in [3.8, 4) is 0 Å². The van der Waals surface area contributed by atoms with Gasteiger partial charge in [-0.25, -0.2) is 0 Å². The first-order valence-corrected chi connectivity index (χ1v) is 9.61. The maximum Gasteiger partial charge on any atom is 0.228 e. The lowest BCUT2D eigenvalue weighted by Crippen LogP contribution is -2.45. The minimum atomic E-state index is -0.133. The maximum atomic E-state index is 12.9. The molecule has 3 rings (SSSR count). The van der Waals surface area contributed by atoms with E-state index in [1.165, 1.54) is 12.8 Å². The maximum absolute atomic E-state index is 12.9. The summed E-state index contributed by atoms with van der Waals surface area (Å²) in [6, 6.07) is 0.786. The molecular weight excluding hydrogens is 375 g/mol. The van der Waals surface area contributed by atoms with Crippen LogP contribution in [0.4, 0.5) is 0 Å². The monoisotopic (exact) mass is 408 g/mol. The zero-order valence-electron chi connectivity index (χ0n) is 16.0. The van der Waals surface area contributed by atoms with Crippen LogP contribution in [-0.4, -0.2) is 84.9 Å². The van der Waals surface area contributed by atoms with Crippen LogP contribution >= 0.6 is 24.8 Å². The number of nitrogens with zero attached hydrogens (tertiary/aromatic N) is 3. The van der Waals surface area contributed by atoms with Gasteiger partial charge in [-0.1, -0.05) is 6.92 Å². The van der Waals surface area contributed by atoms with Crippen molar-refractivity contribution in [2.45, 2.75) is 51.1 Å². The quantitative estimate of drug-likeness (QED) is 0.720. The number of hydrogen-bond acceptors (Lipinski definition) is 4. The first kappa shape index (κ1) is 23.5. The minimum absolute atomic E-state index is 0. The second-order valence-electron chi connectivity index (χ2n) is 7.51. The molecule has 0 spiro atoms. The van der Waals surface area contributed by atoms with E-state index in [2.05, 4.69) is 17.1 Å². The predicted octanol–water partition coefficient (Wildman–Crippen LogP) is 1.37. The Kier molecular flexibility index (Phi) is 9.65. The zero-order chi connectivity index (χ0) is 17.1. The van der Waals surface area contributed by atoms with Gasteiger partial charge in [0.05, 0.1) is 5.92 Å². The van der Waals surface area contributed by atoms with Gasteiger partial charge in [-0.15, -0.1) is 24.8 Å². The molecule has 3 fully saturated rings. The van der Waals surface area contributed by atoms with E-state index in [4.69, 9.17) is 0 Å². The van der Waals surface area contributed by atoms with Crippen molar-refractivity contribution >= 4 is 36.6 Å². The Hall–Kier alpha value is -0.560.